The minimum absolute atomic E-state index is 0.0433. The van der Waals surface area contributed by atoms with Crippen molar-refractivity contribution in [3.8, 4) is 5.75 Å². The molecule has 0 bridgehead atoms. The van der Waals surface area contributed by atoms with Crippen LogP contribution in [0.2, 0.25) is 0 Å². The van der Waals surface area contributed by atoms with E-state index in [1.54, 1.807) is 17.0 Å². The molecule has 1 N–H and O–H groups in total. The maximum atomic E-state index is 14.2. The lowest BCUT2D eigenvalue weighted by atomic mass is 9.84. The fourth-order valence-electron chi connectivity index (χ4n) is 6.22. The number of likely N-dealkylation sites (tertiary alicyclic amines) is 1. The minimum Gasteiger partial charge on any atom is -0.489 e. The number of halogens is 1. The summed E-state index contributed by atoms with van der Waals surface area (Å²) in [5.41, 5.74) is 2.23. The number of hydrogen-bond donors (Lipinski definition) is 1. The quantitative estimate of drug-likeness (QED) is 0.649. The van der Waals surface area contributed by atoms with Gasteiger partial charge < -0.3 is 9.64 Å². The van der Waals surface area contributed by atoms with Crippen LogP contribution in [0.3, 0.4) is 0 Å². The molecule has 188 valence electrons. The highest BCUT2D eigenvalue weighted by atomic mass is 19.1. The average molecular weight is 492 g/mol. The largest absolute Gasteiger partial charge is 0.489 e. The zero-order chi connectivity index (χ0) is 24.8. The number of rotatable bonds is 5. The van der Waals surface area contributed by atoms with Crippen molar-refractivity contribution in [2.45, 2.75) is 69.2 Å². The van der Waals surface area contributed by atoms with Crippen molar-refractivity contribution in [3.63, 3.8) is 0 Å². The fraction of sp³-hybridized carbons (Fsp3) is 0.464. The smallest absolute Gasteiger partial charge is 0.255 e. The Balaban J connectivity index is 1.12. The van der Waals surface area contributed by atoms with E-state index in [0.29, 0.717) is 18.5 Å². The first-order valence-electron chi connectivity index (χ1n) is 12.9. The van der Waals surface area contributed by atoms with Crippen LogP contribution in [0.1, 0.15) is 65.9 Å². The van der Waals surface area contributed by atoms with Crippen molar-refractivity contribution in [2.75, 3.05) is 13.1 Å². The molecule has 3 aliphatic heterocycles. The Labute approximate surface area is 209 Å². The van der Waals surface area contributed by atoms with Gasteiger partial charge in [0, 0.05) is 43.6 Å². The second-order valence-electron chi connectivity index (χ2n) is 10.4. The average Bonchev–Trinajstić information content (AvgIpc) is 3.16. The van der Waals surface area contributed by atoms with E-state index in [4.69, 9.17) is 4.74 Å². The van der Waals surface area contributed by atoms with Crippen molar-refractivity contribution in [3.05, 3.63) is 65.0 Å². The molecule has 2 aromatic rings. The first kappa shape index (κ1) is 23.2. The lowest BCUT2D eigenvalue weighted by Crippen LogP contribution is -2.57. The van der Waals surface area contributed by atoms with Crippen molar-refractivity contribution in [2.24, 2.45) is 0 Å². The maximum absolute atomic E-state index is 14.2. The SMILES string of the molecule is O=C1CCC(N2Cc3cc(O[C@H]4CCCC[C@H]4N4CC(c5ccccc5F)C4)ccc3C2=O)C(=O)N1. The Morgan fingerprint density at radius 1 is 0.972 bits per heavy atom. The number of benzene rings is 2. The van der Waals surface area contributed by atoms with E-state index in [-0.39, 0.29) is 42.1 Å². The summed E-state index contributed by atoms with van der Waals surface area (Å²) in [6.45, 7) is 2.01. The molecule has 0 radical (unpaired) electrons. The Bertz CT molecular complexity index is 1210. The van der Waals surface area contributed by atoms with Crippen LogP contribution in [0.5, 0.6) is 5.75 Å². The molecule has 4 aliphatic rings. The summed E-state index contributed by atoms with van der Waals surface area (Å²) >= 11 is 0. The van der Waals surface area contributed by atoms with Gasteiger partial charge in [-0.15, -0.1) is 0 Å². The highest BCUT2D eigenvalue weighted by Gasteiger charge is 2.41. The van der Waals surface area contributed by atoms with Gasteiger partial charge in [-0.05, 0) is 61.1 Å². The number of imide groups is 1. The molecule has 2 saturated heterocycles. The lowest BCUT2D eigenvalue weighted by Gasteiger charge is -2.48. The number of nitrogens with one attached hydrogen (secondary N) is 1. The van der Waals surface area contributed by atoms with Gasteiger partial charge in [-0.2, -0.15) is 0 Å². The lowest BCUT2D eigenvalue weighted by molar-refractivity contribution is -0.136. The number of hydrogen-bond acceptors (Lipinski definition) is 5. The molecule has 3 fully saturated rings. The number of ether oxygens (including phenoxy) is 1. The fourth-order valence-corrected chi connectivity index (χ4v) is 6.22. The van der Waals surface area contributed by atoms with Crippen LogP contribution in [-0.4, -0.2) is 58.8 Å². The van der Waals surface area contributed by atoms with Crippen LogP contribution in [0.25, 0.3) is 0 Å². The summed E-state index contributed by atoms with van der Waals surface area (Å²) in [6, 6.07) is 12.3. The predicted molar refractivity (Wildman–Crippen MR) is 130 cm³/mol. The molecule has 3 atom stereocenters. The van der Waals surface area contributed by atoms with Crippen molar-refractivity contribution < 1.29 is 23.5 Å². The molecular formula is C28H30FN3O4. The van der Waals surface area contributed by atoms with E-state index in [2.05, 4.69) is 10.2 Å². The van der Waals surface area contributed by atoms with Gasteiger partial charge in [0.05, 0.1) is 0 Å². The third-order valence-corrected chi connectivity index (χ3v) is 8.17. The molecule has 8 heteroatoms. The third kappa shape index (κ3) is 4.17. The van der Waals surface area contributed by atoms with Crippen LogP contribution < -0.4 is 10.1 Å². The standard InChI is InChI=1S/C28H30FN3O4/c29-22-6-2-1-5-20(22)18-14-31(15-18)23-7-3-4-8-25(23)36-19-9-10-21-17(13-19)16-32(28(21)35)24-11-12-26(33)30-27(24)34/h1-2,5-6,9-10,13,18,23-25H,3-4,7-8,11-12,14-16H2,(H,30,33,34)/t23-,24?,25+/m1/s1. The molecule has 1 aliphatic carbocycles. The van der Waals surface area contributed by atoms with E-state index in [0.717, 1.165) is 55.6 Å². The van der Waals surface area contributed by atoms with E-state index in [1.165, 1.54) is 6.07 Å². The Morgan fingerprint density at radius 3 is 2.58 bits per heavy atom. The van der Waals surface area contributed by atoms with Crippen LogP contribution in [0, 0.1) is 5.82 Å². The monoisotopic (exact) mass is 491 g/mol. The molecular weight excluding hydrogens is 461 g/mol. The van der Waals surface area contributed by atoms with Crippen LogP contribution in [0.4, 0.5) is 4.39 Å². The van der Waals surface area contributed by atoms with Gasteiger partial charge in [0.25, 0.3) is 5.91 Å². The maximum Gasteiger partial charge on any atom is 0.255 e. The topological polar surface area (TPSA) is 79.0 Å². The van der Waals surface area contributed by atoms with Gasteiger partial charge in [-0.3, -0.25) is 24.6 Å². The predicted octanol–water partition coefficient (Wildman–Crippen LogP) is 3.38. The molecule has 36 heavy (non-hydrogen) atoms. The number of nitrogens with zero attached hydrogens (tertiary/aromatic N) is 2. The summed E-state index contributed by atoms with van der Waals surface area (Å²) in [5.74, 6) is -0.0514. The summed E-state index contributed by atoms with van der Waals surface area (Å²) in [4.78, 5) is 40.8. The van der Waals surface area contributed by atoms with Crippen molar-refractivity contribution in [1.82, 2.24) is 15.1 Å². The Morgan fingerprint density at radius 2 is 1.78 bits per heavy atom. The molecule has 1 saturated carbocycles. The van der Waals surface area contributed by atoms with E-state index >= 15 is 0 Å². The summed E-state index contributed by atoms with van der Waals surface area (Å²) in [7, 11) is 0. The van der Waals surface area contributed by atoms with Gasteiger partial charge in [0.1, 0.15) is 23.7 Å². The molecule has 7 nitrogen and oxygen atoms in total. The Kier molecular flexibility index (Phi) is 5.99. The molecule has 1 unspecified atom stereocenters. The normalized spacial score (nSPS) is 27.0. The van der Waals surface area contributed by atoms with Crippen LogP contribution in [0.15, 0.2) is 42.5 Å². The number of amides is 3. The van der Waals surface area contributed by atoms with Crippen LogP contribution >= 0.6 is 0 Å². The van der Waals surface area contributed by atoms with E-state index in [1.807, 2.05) is 24.3 Å². The van der Waals surface area contributed by atoms with Crippen molar-refractivity contribution in [1.29, 1.82) is 0 Å². The first-order chi connectivity index (χ1) is 17.5. The van der Waals surface area contributed by atoms with Gasteiger partial charge in [-0.25, -0.2) is 4.39 Å². The summed E-state index contributed by atoms with van der Waals surface area (Å²) in [5, 5.41) is 2.34. The van der Waals surface area contributed by atoms with E-state index < -0.39 is 11.9 Å². The van der Waals surface area contributed by atoms with Gasteiger partial charge in [-0.1, -0.05) is 24.6 Å². The highest BCUT2D eigenvalue weighted by molar-refractivity contribution is 6.05. The van der Waals surface area contributed by atoms with Crippen molar-refractivity contribution >= 4 is 17.7 Å². The molecule has 3 amide bonds. The van der Waals surface area contributed by atoms with Gasteiger partial charge in [0.15, 0.2) is 0 Å². The molecule has 0 spiro atoms. The highest BCUT2D eigenvalue weighted by Crippen LogP contribution is 2.37. The Hall–Kier alpha value is -3.26. The van der Waals surface area contributed by atoms with Gasteiger partial charge in [0.2, 0.25) is 11.8 Å². The second-order valence-corrected chi connectivity index (χ2v) is 10.4. The third-order valence-electron chi connectivity index (χ3n) is 8.17. The minimum atomic E-state index is -0.622. The second kappa shape index (κ2) is 9.32. The first-order valence-corrected chi connectivity index (χ1v) is 12.9. The van der Waals surface area contributed by atoms with E-state index in [9.17, 15) is 18.8 Å². The molecule has 2 aromatic carbocycles. The number of carbonyl (C=O) groups is 3. The number of piperidine rings is 1. The van der Waals surface area contributed by atoms with Crippen LogP contribution in [-0.2, 0) is 16.1 Å². The molecule has 3 heterocycles. The summed E-state index contributed by atoms with van der Waals surface area (Å²) in [6.07, 6.45) is 4.92. The number of carbonyl (C=O) groups excluding carboxylic acids is 3. The summed E-state index contributed by atoms with van der Waals surface area (Å²) < 4.78 is 20.7. The zero-order valence-corrected chi connectivity index (χ0v) is 20.1. The number of fused-ring (bicyclic) bond motifs is 1. The molecule has 0 aromatic heterocycles. The molecule has 6 rings (SSSR count). The zero-order valence-electron chi connectivity index (χ0n) is 20.1. The van der Waals surface area contributed by atoms with Gasteiger partial charge >= 0.3 is 0 Å².